The Balaban J connectivity index is 2.96. The van der Waals surface area contributed by atoms with Crippen molar-refractivity contribution in [2.75, 3.05) is 6.26 Å². The van der Waals surface area contributed by atoms with E-state index in [9.17, 15) is 8.42 Å². The summed E-state index contributed by atoms with van der Waals surface area (Å²) in [5.74, 6) is 0.478. The zero-order chi connectivity index (χ0) is 11.7. The van der Waals surface area contributed by atoms with E-state index in [0.717, 1.165) is 0 Å². The monoisotopic (exact) mass is 233 g/mol. The van der Waals surface area contributed by atoms with E-state index in [1.807, 2.05) is 0 Å². The minimum atomic E-state index is -3.16. The van der Waals surface area contributed by atoms with Crippen LogP contribution >= 0.6 is 0 Å². The van der Waals surface area contributed by atoms with Crippen LogP contribution in [-0.4, -0.2) is 39.6 Å². The molecule has 0 aliphatic heterocycles. The van der Waals surface area contributed by atoms with Crippen LogP contribution in [-0.2, 0) is 22.9 Å². The first-order valence-corrected chi connectivity index (χ1v) is 6.32. The summed E-state index contributed by atoms with van der Waals surface area (Å²) >= 11 is 0. The minimum absolute atomic E-state index is 0.187. The van der Waals surface area contributed by atoms with Gasteiger partial charge in [-0.15, -0.1) is 5.10 Å². The number of rotatable bonds is 4. The molecule has 0 bridgehead atoms. The van der Waals surface area contributed by atoms with Crippen molar-refractivity contribution in [2.45, 2.75) is 31.7 Å². The number of sulfone groups is 1. The van der Waals surface area contributed by atoms with Gasteiger partial charge in [0.05, 0.1) is 17.8 Å². The summed E-state index contributed by atoms with van der Waals surface area (Å²) in [5.41, 5.74) is 5.41. The van der Waals surface area contributed by atoms with Crippen molar-refractivity contribution >= 4 is 9.84 Å². The standard InChI is InChI=1S/C7H15N5O2S/c1-7(2,15(3,13)14)5-12-6(4-8)9-10-11-12/h4-5,8H2,1-3H3. The molecule has 86 valence electrons. The lowest BCUT2D eigenvalue weighted by Gasteiger charge is -2.22. The maximum atomic E-state index is 11.5. The lowest BCUT2D eigenvalue weighted by molar-refractivity contribution is 0.458. The first-order chi connectivity index (χ1) is 6.78. The summed E-state index contributed by atoms with van der Waals surface area (Å²) < 4.78 is 23.4. The van der Waals surface area contributed by atoms with Gasteiger partial charge in [-0.05, 0) is 24.3 Å². The molecular weight excluding hydrogens is 218 g/mol. The first-order valence-electron chi connectivity index (χ1n) is 4.42. The van der Waals surface area contributed by atoms with E-state index in [4.69, 9.17) is 5.73 Å². The Bertz CT molecular complexity index is 436. The molecule has 0 atom stereocenters. The Hall–Kier alpha value is -1.02. The third kappa shape index (κ3) is 2.51. The highest BCUT2D eigenvalue weighted by Gasteiger charge is 2.31. The molecule has 1 heterocycles. The van der Waals surface area contributed by atoms with Crippen LogP contribution in [0.5, 0.6) is 0 Å². The predicted molar refractivity (Wildman–Crippen MR) is 54.6 cm³/mol. The second-order valence-corrected chi connectivity index (χ2v) is 6.64. The number of hydrogen-bond donors (Lipinski definition) is 1. The van der Waals surface area contributed by atoms with Gasteiger partial charge in [0.1, 0.15) is 0 Å². The van der Waals surface area contributed by atoms with Crippen LogP contribution in [0.1, 0.15) is 19.7 Å². The van der Waals surface area contributed by atoms with Crippen LogP contribution in [0.3, 0.4) is 0 Å². The Kier molecular flexibility index (Phi) is 3.10. The lowest BCUT2D eigenvalue weighted by Crippen LogP contribution is -2.37. The maximum Gasteiger partial charge on any atom is 0.164 e. The van der Waals surface area contributed by atoms with E-state index >= 15 is 0 Å². The van der Waals surface area contributed by atoms with Gasteiger partial charge in [-0.2, -0.15) is 0 Å². The molecular formula is C7H15N5O2S. The summed E-state index contributed by atoms with van der Waals surface area (Å²) in [6, 6.07) is 0. The summed E-state index contributed by atoms with van der Waals surface area (Å²) in [5, 5.41) is 10.8. The van der Waals surface area contributed by atoms with Gasteiger partial charge in [-0.1, -0.05) is 0 Å². The average molecular weight is 233 g/mol. The van der Waals surface area contributed by atoms with Crippen molar-refractivity contribution in [2.24, 2.45) is 5.73 Å². The fourth-order valence-electron chi connectivity index (χ4n) is 0.970. The van der Waals surface area contributed by atoms with Gasteiger partial charge < -0.3 is 5.73 Å². The minimum Gasteiger partial charge on any atom is -0.324 e. The van der Waals surface area contributed by atoms with Gasteiger partial charge in [0.2, 0.25) is 0 Å². The Morgan fingerprint density at radius 1 is 1.47 bits per heavy atom. The average Bonchev–Trinajstić information content (AvgIpc) is 2.48. The molecule has 1 aromatic heterocycles. The normalized spacial score (nSPS) is 13.1. The van der Waals surface area contributed by atoms with E-state index < -0.39 is 14.6 Å². The Morgan fingerprint density at radius 2 is 2.07 bits per heavy atom. The van der Waals surface area contributed by atoms with Crippen molar-refractivity contribution in [3.63, 3.8) is 0 Å². The molecule has 0 saturated carbocycles. The fourth-order valence-corrected chi connectivity index (χ4v) is 1.33. The molecule has 0 fully saturated rings. The Morgan fingerprint density at radius 3 is 2.53 bits per heavy atom. The third-order valence-corrected chi connectivity index (χ3v) is 4.46. The second-order valence-electron chi connectivity index (χ2n) is 3.99. The molecule has 0 saturated heterocycles. The Labute approximate surface area is 88.6 Å². The number of hydrogen-bond acceptors (Lipinski definition) is 6. The SMILES string of the molecule is CC(C)(Cn1nnnc1CN)S(C)(=O)=O. The fraction of sp³-hybridized carbons (Fsp3) is 0.857. The zero-order valence-corrected chi connectivity index (χ0v) is 9.82. The van der Waals surface area contributed by atoms with Crippen LogP contribution in [0.15, 0.2) is 0 Å². The smallest absolute Gasteiger partial charge is 0.164 e. The van der Waals surface area contributed by atoms with Crippen molar-refractivity contribution < 1.29 is 8.42 Å². The molecule has 8 heteroatoms. The first kappa shape index (κ1) is 12.1. The van der Waals surface area contributed by atoms with E-state index in [2.05, 4.69) is 15.5 Å². The predicted octanol–water partition coefficient (Wildman–Crippen LogP) is -1.04. The molecule has 0 unspecified atom stereocenters. The van der Waals surface area contributed by atoms with Crippen LogP contribution in [0, 0.1) is 0 Å². The van der Waals surface area contributed by atoms with E-state index in [0.29, 0.717) is 5.82 Å². The van der Waals surface area contributed by atoms with Crippen molar-refractivity contribution in [1.82, 2.24) is 20.2 Å². The highest BCUT2D eigenvalue weighted by Crippen LogP contribution is 2.17. The van der Waals surface area contributed by atoms with Crippen LogP contribution in [0.25, 0.3) is 0 Å². The molecule has 1 rings (SSSR count). The molecule has 0 aromatic carbocycles. The molecule has 0 radical (unpaired) electrons. The van der Waals surface area contributed by atoms with Gasteiger partial charge in [-0.25, -0.2) is 13.1 Å². The van der Waals surface area contributed by atoms with Gasteiger partial charge in [0.25, 0.3) is 0 Å². The van der Waals surface area contributed by atoms with Crippen LogP contribution < -0.4 is 5.73 Å². The van der Waals surface area contributed by atoms with Gasteiger partial charge in [0, 0.05) is 6.26 Å². The quantitative estimate of drug-likeness (QED) is 0.712. The number of nitrogens with zero attached hydrogens (tertiary/aromatic N) is 4. The number of aromatic nitrogens is 4. The van der Waals surface area contributed by atoms with Crippen LogP contribution in [0.2, 0.25) is 0 Å². The number of tetrazole rings is 1. The van der Waals surface area contributed by atoms with Gasteiger partial charge in [0.15, 0.2) is 15.7 Å². The molecule has 0 spiro atoms. The summed E-state index contributed by atoms with van der Waals surface area (Å²) in [6.45, 7) is 3.65. The molecule has 15 heavy (non-hydrogen) atoms. The highest BCUT2D eigenvalue weighted by molar-refractivity contribution is 7.92. The van der Waals surface area contributed by atoms with E-state index in [1.165, 1.54) is 10.9 Å². The topological polar surface area (TPSA) is 104 Å². The second kappa shape index (κ2) is 3.86. The molecule has 2 N–H and O–H groups in total. The third-order valence-electron chi connectivity index (χ3n) is 2.32. The highest BCUT2D eigenvalue weighted by atomic mass is 32.2. The van der Waals surface area contributed by atoms with Gasteiger partial charge >= 0.3 is 0 Å². The molecule has 0 amide bonds. The van der Waals surface area contributed by atoms with E-state index in [-0.39, 0.29) is 13.1 Å². The zero-order valence-electron chi connectivity index (χ0n) is 9.01. The van der Waals surface area contributed by atoms with Crippen molar-refractivity contribution in [3.05, 3.63) is 5.82 Å². The molecule has 0 aliphatic rings. The molecule has 7 nitrogen and oxygen atoms in total. The van der Waals surface area contributed by atoms with E-state index in [1.54, 1.807) is 13.8 Å². The molecule has 1 aromatic rings. The van der Waals surface area contributed by atoms with Crippen LogP contribution in [0.4, 0.5) is 0 Å². The summed E-state index contributed by atoms with van der Waals surface area (Å²) in [6.07, 6.45) is 1.19. The lowest BCUT2D eigenvalue weighted by atomic mass is 10.2. The summed E-state index contributed by atoms with van der Waals surface area (Å²) in [4.78, 5) is 0. The maximum absolute atomic E-state index is 11.5. The van der Waals surface area contributed by atoms with Crippen molar-refractivity contribution in [1.29, 1.82) is 0 Å². The van der Waals surface area contributed by atoms with Gasteiger partial charge in [-0.3, -0.25) is 0 Å². The van der Waals surface area contributed by atoms with Crippen molar-refractivity contribution in [3.8, 4) is 0 Å². The molecule has 0 aliphatic carbocycles. The summed E-state index contributed by atoms with van der Waals surface area (Å²) in [7, 11) is -3.16. The number of nitrogens with two attached hydrogens (primary N) is 1. The largest absolute Gasteiger partial charge is 0.324 e.